The van der Waals surface area contributed by atoms with Gasteiger partial charge in [-0.3, -0.25) is 4.79 Å². The summed E-state index contributed by atoms with van der Waals surface area (Å²) in [4.78, 5) is 23.8. The number of esters is 2. The fourth-order valence-corrected chi connectivity index (χ4v) is 3.47. The molecule has 6 nitrogen and oxygen atoms in total. The summed E-state index contributed by atoms with van der Waals surface area (Å²) in [5.41, 5.74) is 2.25. The van der Waals surface area contributed by atoms with E-state index in [2.05, 4.69) is 0 Å². The highest BCUT2D eigenvalue weighted by molar-refractivity contribution is 5.89. The number of aliphatic hydroxyl groups is 2. The van der Waals surface area contributed by atoms with Gasteiger partial charge in [-0.05, 0) is 48.9 Å². The molecule has 1 aromatic carbocycles. The fourth-order valence-electron chi connectivity index (χ4n) is 3.47. The highest BCUT2D eigenvalue weighted by atomic mass is 16.5. The Hall–Kier alpha value is -1.92. The van der Waals surface area contributed by atoms with Crippen molar-refractivity contribution in [3.05, 3.63) is 34.9 Å². The van der Waals surface area contributed by atoms with Crippen molar-refractivity contribution in [2.75, 3.05) is 20.8 Å². The standard InChI is InChI=1S/C18H24O6/c1-23-17(21)12-6-7-13-11(10-12)5-8-14(18(22)24-2)16(13)15(20)4-3-9-19/h6-7,10,14-16,19-20H,3-5,8-9H2,1-2H3. The molecule has 132 valence electrons. The lowest BCUT2D eigenvalue weighted by molar-refractivity contribution is -0.148. The maximum absolute atomic E-state index is 12.1. The van der Waals surface area contributed by atoms with Crippen LogP contribution in [0.15, 0.2) is 18.2 Å². The van der Waals surface area contributed by atoms with Crippen LogP contribution in [-0.4, -0.2) is 49.1 Å². The van der Waals surface area contributed by atoms with Gasteiger partial charge in [0.2, 0.25) is 0 Å². The van der Waals surface area contributed by atoms with Crippen molar-refractivity contribution < 1.29 is 29.3 Å². The van der Waals surface area contributed by atoms with Crippen molar-refractivity contribution in [1.82, 2.24) is 0 Å². The summed E-state index contributed by atoms with van der Waals surface area (Å²) in [6.45, 7) is -0.0131. The molecule has 3 atom stereocenters. The second kappa shape index (κ2) is 8.26. The summed E-state index contributed by atoms with van der Waals surface area (Å²) in [5, 5.41) is 19.6. The SMILES string of the molecule is COC(=O)c1ccc2c(c1)CCC(C(=O)OC)C2C(O)CCCO. The van der Waals surface area contributed by atoms with Crippen LogP contribution in [0.25, 0.3) is 0 Å². The number of hydrogen-bond acceptors (Lipinski definition) is 6. The number of methoxy groups -OCH3 is 2. The molecule has 0 amide bonds. The molecule has 3 unspecified atom stereocenters. The average molecular weight is 336 g/mol. The first kappa shape index (κ1) is 18.4. The van der Waals surface area contributed by atoms with E-state index < -0.39 is 23.9 Å². The molecule has 0 heterocycles. The summed E-state index contributed by atoms with van der Waals surface area (Å²) in [5.74, 6) is -1.59. The summed E-state index contributed by atoms with van der Waals surface area (Å²) in [6, 6.07) is 5.19. The van der Waals surface area contributed by atoms with Crippen LogP contribution in [0, 0.1) is 5.92 Å². The van der Waals surface area contributed by atoms with Gasteiger partial charge in [-0.2, -0.15) is 0 Å². The molecule has 24 heavy (non-hydrogen) atoms. The summed E-state index contributed by atoms with van der Waals surface area (Å²) < 4.78 is 9.64. The van der Waals surface area contributed by atoms with Gasteiger partial charge in [0, 0.05) is 12.5 Å². The maximum atomic E-state index is 12.1. The van der Waals surface area contributed by atoms with Crippen LogP contribution in [0.3, 0.4) is 0 Å². The fraction of sp³-hybridized carbons (Fsp3) is 0.556. The van der Waals surface area contributed by atoms with Crippen LogP contribution in [0.2, 0.25) is 0 Å². The first-order chi connectivity index (χ1) is 11.5. The third-order valence-electron chi connectivity index (χ3n) is 4.66. The Morgan fingerprint density at radius 3 is 2.67 bits per heavy atom. The first-order valence-electron chi connectivity index (χ1n) is 8.11. The molecule has 0 fully saturated rings. The van der Waals surface area contributed by atoms with Gasteiger partial charge >= 0.3 is 11.9 Å². The second-order valence-electron chi connectivity index (χ2n) is 6.03. The predicted molar refractivity (Wildman–Crippen MR) is 86.7 cm³/mol. The molecule has 6 heteroatoms. The molecule has 0 saturated heterocycles. The molecule has 0 spiro atoms. The van der Waals surface area contributed by atoms with Crippen LogP contribution in [-0.2, 0) is 20.7 Å². The highest BCUT2D eigenvalue weighted by Crippen LogP contribution is 2.40. The van der Waals surface area contributed by atoms with Crippen molar-refractivity contribution in [2.45, 2.75) is 37.7 Å². The zero-order chi connectivity index (χ0) is 17.7. The Morgan fingerprint density at radius 1 is 1.29 bits per heavy atom. The zero-order valence-corrected chi connectivity index (χ0v) is 14.0. The number of ether oxygens (including phenoxy) is 2. The van der Waals surface area contributed by atoms with E-state index in [-0.39, 0.29) is 12.6 Å². The van der Waals surface area contributed by atoms with E-state index in [1.54, 1.807) is 18.2 Å². The molecule has 0 aliphatic heterocycles. The Balaban J connectivity index is 2.38. The van der Waals surface area contributed by atoms with Gasteiger partial charge in [-0.1, -0.05) is 6.07 Å². The van der Waals surface area contributed by atoms with Crippen LogP contribution < -0.4 is 0 Å². The number of carbonyl (C=O) groups excluding carboxylic acids is 2. The van der Waals surface area contributed by atoms with E-state index >= 15 is 0 Å². The smallest absolute Gasteiger partial charge is 0.337 e. The van der Waals surface area contributed by atoms with Crippen molar-refractivity contribution >= 4 is 11.9 Å². The molecule has 0 aromatic heterocycles. The minimum Gasteiger partial charge on any atom is -0.469 e. The van der Waals surface area contributed by atoms with E-state index in [9.17, 15) is 14.7 Å². The quantitative estimate of drug-likeness (QED) is 0.763. The Bertz CT molecular complexity index is 597. The lowest BCUT2D eigenvalue weighted by atomic mass is 9.71. The molecule has 1 aromatic rings. The van der Waals surface area contributed by atoms with Crippen LogP contribution in [0.1, 0.15) is 46.7 Å². The van der Waals surface area contributed by atoms with Crippen LogP contribution in [0.4, 0.5) is 0 Å². The molecule has 0 saturated carbocycles. The molecule has 0 bridgehead atoms. The topological polar surface area (TPSA) is 93.1 Å². The molecule has 1 aliphatic carbocycles. The van der Waals surface area contributed by atoms with E-state index in [1.807, 2.05) is 0 Å². The monoisotopic (exact) mass is 336 g/mol. The zero-order valence-electron chi connectivity index (χ0n) is 14.0. The van der Waals surface area contributed by atoms with Gasteiger partial charge in [0.1, 0.15) is 0 Å². The van der Waals surface area contributed by atoms with Gasteiger partial charge in [0.25, 0.3) is 0 Å². The molecular weight excluding hydrogens is 312 g/mol. The second-order valence-corrected chi connectivity index (χ2v) is 6.03. The van der Waals surface area contributed by atoms with E-state index in [0.717, 1.165) is 11.1 Å². The minimum atomic E-state index is -0.760. The average Bonchev–Trinajstić information content (AvgIpc) is 2.63. The van der Waals surface area contributed by atoms with E-state index in [4.69, 9.17) is 14.6 Å². The molecule has 2 N–H and O–H groups in total. The van der Waals surface area contributed by atoms with Crippen molar-refractivity contribution in [3.63, 3.8) is 0 Å². The molecular formula is C18H24O6. The molecule has 0 radical (unpaired) electrons. The Labute approximate surface area is 141 Å². The number of rotatable bonds is 6. The predicted octanol–water partition coefficient (Wildman–Crippen LogP) is 1.43. The third-order valence-corrected chi connectivity index (χ3v) is 4.66. The summed E-state index contributed by atoms with van der Waals surface area (Å²) >= 11 is 0. The van der Waals surface area contributed by atoms with Gasteiger partial charge < -0.3 is 19.7 Å². The summed E-state index contributed by atoms with van der Waals surface area (Å²) in [7, 11) is 2.67. The lowest BCUT2D eigenvalue weighted by Crippen LogP contribution is -2.36. The molecule has 2 rings (SSSR count). The van der Waals surface area contributed by atoms with Crippen molar-refractivity contribution in [2.24, 2.45) is 5.92 Å². The number of benzene rings is 1. The van der Waals surface area contributed by atoms with Gasteiger partial charge in [-0.25, -0.2) is 4.79 Å². The molecule has 1 aliphatic rings. The van der Waals surface area contributed by atoms with Crippen molar-refractivity contribution in [3.8, 4) is 0 Å². The number of aryl methyl sites for hydroxylation is 1. The normalized spacial score (nSPS) is 20.8. The number of aliphatic hydroxyl groups excluding tert-OH is 2. The summed E-state index contributed by atoms with van der Waals surface area (Å²) in [6.07, 6.45) is 1.27. The Kier molecular flexibility index (Phi) is 6.34. The number of hydrogen-bond donors (Lipinski definition) is 2. The third kappa shape index (κ3) is 3.76. The first-order valence-corrected chi connectivity index (χ1v) is 8.11. The number of fused-ring (bicyclic) bond motifs is 1. The van der Waals surface area contributed by atoms with Crippen molar-refractivity contribution in [1.29, 1.82) is 0 Å². The largest absolute Gasteiger partial charge is 0.469 e. The number of carbonyl (C=O) groups is 2. The van der Waals surface area contributed by atoms with E-state index in [1.165, 1.54) is 14.2 Å². The van der Waals surface area contributed by atoms with Gasteiger partial charge in [0.15, 0.2) is 0 Å². The lowest BCUT2D eigenvalue weighted by Gasteiger charge is -2.35. The van der Waals surface area contributed by atoms with Gasteiger partial charge in [-0.15, -0.1) is 0 Å². The van der Waals surface area contributed by atoms with Crippen LogP contribution >= 0.6 is 0 Å². The maximum Gasteiger partial charge on any atom is 0.337 e. The van der Waals surface area contributed by atoms with Crippen LogP contribution in [0.5, 0.6) is 0 Å². The minimum absolute atomic E-state index is 0.0131. The van der Waals surface area contributed by atoms with E-state index in [0.29, 0.717) is 31.2 Å². The Morgan fingerprint density at radius 2 is 2.04 bits per heavy atom. The highest BCUT2D eigenvalue weighted by Gasteiger charge is 2.39. The van der Waals surface area contributed by atoms with Gasteiger partial charge in [0.05, 0.1) is 31.8 Å².